The van der Waals surface area contributed by atoms with Gasteiger partial charge in [0.25, 0.3) is 0 Å². The normalized spacial score (nSPS) is 11.9. The van der Waals surface area contributed by atoms with E-state index in [0.29, 0.717) is 0 Å². The van der Waals surface area contributed by atoms with Gasteiger partial charge in [-0.15, -0.1) is 11.8 Å². The summed E-state index contributed by atoms with van der Waals surface area (Å²) in [6.07, 6.45) is 1.58. The number of nitrogens with two attached hydrogens (primary N) is 1. The Morgan fingerprint density at radius 3 is 2.78 bits per heavy atom. The molecule has 0 aromatic rings. The van der Waals surface area contributed by atoms with Crippen LogP contribution in [0.25, 0.3) is 0 Å². The van der Waals surface area contributed by atoms with Crippen molar-refractivity contribution in [1.29, 1.82) is 0 Å². The Balaban J connectivity index is 3.13. The van der Waals surface area contributed by atoms with Crippen molar-refractivity contribution in [3.05, 3.63) is 0 Å². The van der Waals surface area contributed by atoms with Crippen LogP contribution in [-0.2, 0) is 0 Å². The molecule has 0 fully saturated rings. The molecule has 0 aliphatic heterocycles. The highest BCUT2D eigenvalue weighted by Crippen LogP contribution is 1.90. The van der Waals surface area contributed by atoms with E-state index in [1.807, 2.05) is 0 Å². The van der Waals surface area contributed by atoms with E-state index in [9.17, 15) is 0 Å². The molecule has 0 amide bonds. The first-order valence-electron chi connectivity index (χ1n) is 3.07. The van der Waals surface area contributed by atoms with Crippen molar-refractivity contribution in [2.24, 2.45) is 5.73 Å². The Bertz CT molecular complexity index is 112. The first-order valence-corrected chi connectivity index (χ1v) is 3.07. The number of hydrogen-bond donors (Lipinski definition) is 2. The molecule has 0 aromatic heterocycles. The van der Waals surface area contributed by atoms with E-state index in [0.717, 1.165) is 12.8 Å². The van der Waals surface area contributed by atoms with Gasteiger partial charge in [0, 0.05) is 12.5 Å². The highest BCUT2D eigenvalue weighted by molar-refractivity contribution is 4.95. The van der Waals surface area contributed by atoms with Crippen molar-refractivity contribution in [1.82, 2.24) is 0 Å². The molecule has 0 aliphatic carbocycles. The molecule has 0 spiro atoms. The van der Waals surface area contributed by atoms with E-state index in [1.165, 1.54) is 0 Å². The molecule has 1 unspecified atom stereocenters. The van der Waals surface area contributed by atoms with E-state index in [4.69, 9.17) is 10.8 Å². The van der Waals surface area contributed by atoms with E-state index < -0.39 is 0 Å². The molecule has 0 aliphatic rings. The molecule has 0 radical (unpaired) electrons. The lowest BCUT2D eigenvalue weighted by Crippen LogP contribution is -2.23. The molecular weight excluding hydrogens is 114 g/mol. The zero-order chi connectivity index (χ0) is 7.11. The monoisotopic (exact) mass is 127 g/mol. The molecule has 3 N–H and O–H groups in total. The third-order valence-corrected chi connectivity index (χ3v) is 1.05. The molecule has 0 rings (SSSR count). The fourth-order valence-electron chi connectivity index (χ4n) is 0.474. The quantitative estimate of drug-likeness (QED) is 0.528. The lowest BCUT2D eigenvalue weighted by atomic mass is 10.2. The van der Waals surface area contributed by atoms with Crippen LogP contribution in [0.1, 0.15) is 19.8 Å². The molecule has 1 atom stereocenters. The molecule has 0 saturated heterocycles. The van der Waals surface area contributed by atoms with Crippen molar-refractivity contribution in [2.75, 3.05) is 6.61 Å². The van der Waals surface area contributed by atoms with Gasteiger partial charge in [0.15, 0.2) is 0 Å². The zero-order valence-corrected chi connectivity index (χ0v) is 5.72. The van der Waals surface area contributed by atoms with Crippen molar-refractivity contribution < 1.29 is 5.11 Å². The molecule has 0 heterocycles. The fraction of sp³-hybridized carbons (Fsp3) is 0.714. The lowest BCUT2D eigenvalue weighted by Gasteiger charge is -2.02. The summed E-state index contributed by atoms with van der Waals surface area (Å²) in [5.74, 6) is 5.63. The predicted octanol–water partition coefficient (Wildman–Crippen LogP) is 0.110. The summed E-state index contributed by atoms with van der Waals surface area (Å²) < 4.78 is 0. The fourth-order valence-corrected chi connectivity index (χ4v) is 0.474. The molecule has 2 heteroatoms. The summed E-state index contributed by atoms with van der Waals surface area (Å²) >= 11 is 0. The first kappa shape index (κ1) is 8.48. The minimum atomic E-state index is -0.0918. The Morgan fingerprint density at radius 2 is 2.33 bits per heavy atom. The molecule has 9 heavy (non-hydrogen) atoms. The van der Waals surface area contributed by atoms with Crippen LogP contribution in [0, 0.1) is 11.8 Å². The number of rotatable bonds is 3. The van der Waals surface area contributed by atoms with E-state index >= 15 is 0 Å². The Hall–Kier alpha value is -0.520. The van der Waals surface area contributed by atoms with Crippen molar-refractivity contribution in [2.45, 2.75) is 25.8 Å². The maximum Gasteiger partial charge on any atom is 0.0582 e. The second kappa shape index (κ2) is 5.61. The topological polar surface area (TPSA) is 46.2 Å². The molecule has 0 aromatic carbocycles. The second-order valence-corrected chi connectivity index (χ2v) is 1.91. The highest BCUT2D eigenvalue weighted by Gasteiger charge is 1.95. The van der Waals surface area contributed by atoms with Crippen LogP contribution in [0.2, 0.25) is 0 Å². The maximum atomic E-state index is 8.46. The average molecular weight is 127 g/mol. The van der Waals surface area contributed by atoms with Gasteiger partial charge in [0.1, 0.15) is 0 Å². The third-order valence-electron chi connectivity index (χ3n) is 1.05. The van der Waals surface area contributed by atoms with Crippen LogP contribution >= 0.6 is 0 Å². The van der Waals surface area contributed by atoms with E-state index in [2.05, 4.69) is 11.8 Å². The van der Waals surface area contributed by atoms with Gasteiger partial charge in [-0.1, -0.05) is 0 Å². The summed E-state index contributed by atoms with van der Waals surface area (Å²) in [6.45, 7) is 1.86. The van der Waals surface area contributed by atoms with Gasteiger partial charge in [-0.25, -0.2) is 0 Å². The first-order chi connectivity index (χ1) is 4.31. The van der Waals surface area contributed by atoms with Crippen molar-refractivity contribution >= 4 is 0 Å². The predicted molar refractivity (Wildman–Crippen MR) is 37.7 cm³/mol. The largest absolute Gasteiger partial charge is 0.395 e. The van der Waals surface area contributed by atoms with Gasteiger partial charge in [0.05, 0.1) is 6.61 Å². The van der Waals surface area contributed by atoms with Crippen molar-refractivity contribution in [3.63, 3.8) is 0 Å². The van der Waals surface area contributed by atoms with Crippen LogP contribution in [-0.4, -0.2) is 17.8 Å². The molecule has 0 saturated carbocycles. The van der Waals surface area contributed by atoms with Crippen LogP contribution in [0.5, 0.6) is 0 Å². The molecular formula is C7H13NO. The molecule has 52 valence electrons. The number of aliphatic hydroxyl groups is 1. The van der Waals surface area contributed by atoms with Crippen LogP contribution < -0.4 is 5.73 Å². The Labute approximate surface area is 56.1 Å². The Morgan fingerprint density at radius 1 is 1.67 bits per heavy atom. The van der Waals surface area contributed by atoms with Gasteiger partial charge in [-0.3, -0.25) is 0 Å². The minimum Gasteiger partial charge on any atom is -0.395 e. The summed E-state index contributed by atoms with van der Waals surface area (Å²) in [6, 6.07) is -0.0918. The average Bonchev–Trinajstić information content (AvgIpc) is 1.89. The minimum absolute atomic E-state index is 0.0609. The van der Waals surface area contributed by atoms with E-state index in [-0.39, 0.29) is 12.6 Å². The lowest BCUT2D eigenvalue weighted by molar-refractivity contribution is 0.261. The Kier molecular flexibility index (Phi) is 5.29. The molecule has 0 bridgehead atoms. The van der Waals surface area contributed by atoms with Gasteiger partial charge in [0.2, 0.25) is 0 Å². The van der Waals surface area contributed by atoms with Crippen LogP contribution in [0.4, 0.5) is 0 Å². The van der Waals surface area contributed by atoms with Crippen LogP contribution in [0.3, 0.4) is 0 Å². The molecule has 2 nitrogen and oxygen atoms in total. The van der Waals surface area contributed by atoms with Gasteiger partial charge in [-0.05, 0) is 13.3 Å². The highest BCUT2D eigenvalue weighted by atomic mass is 16.3. The smallest absolute Gasteiger partial charge is 0.0582 e. The van der Waals surface area contributed by atoms with Gasteiger partial charge < -0.3 is 10.8 Å². The van der Waals surface area contributed by atoms with Crippen molar-refractivity contribution in [3.8, 4) is 11.8 Å². The third kappa shape index (κ3) is 5.35. The second-order valence-electron chi connectivity index (χ2n) is 1.91. The maximum absolute atomic E-state index is 8.46. The van der Waals surface area contributed by atoms with Gasteiger partial charge in [-0.2, -0.15) is 0 Å². The van der Waals surface area contributed by atoms with Crippen LogP contribution in [0.15, 0.2) is 0 Å². The standard InChI is InChI=1S/C7H13NO/c1-2-3-4-5-7(8)6-9/h7,9H,4-6,8H2,1H3. The summed E-state index contributed by atoms with van der Waals surface area (Å²) in [5, 5.41) is 8.46. The number of aliphatic hydroxyl groups excluding tert-OH is 1. The zero-order valence-electron chi connectivity index (χ0n) is 5.72. The summed E-state index contributed by atoms with van der Waals surface area (Å²) in [5.41, 5.74) is 5.40. The van der Waals surface area contributed by atoms with E-state index in [1.54, 1.807) is 6.92 Å². The SMILES string of the molecule is CC#CCCC(N)CO. The number of hydrogen-bond acceptors (Lipinski definition) is 2. The van der Waals surface area contributed by atoms with Gasteiger partial charge >= 0.3 is 0 Å². The summed E-state index contributed by atoms with van der Waals surface area (Å²) in [4.78, 5) is 0. The summed E-state index contributed by atoms with van der Waals surface area (Å²) in [7, 11) is 0.